The fourth-order valence-electron chi connectivity index (χ4n) is 1.89. The van der Waals surface area contributed by atoms with Gasteiger partial charge in [0.25, 0.3) is 0 Å². The minimum atomic E-state index is -0.0501. The van der Waals surface area contributed by atoms with Crippen molar-refractivity contribution in [1.29, 1.82) is 0 Å². The van der Waals surface area contributed by atoms with E-state index in [1.165, 1.54) is 5.56 Å². The minimum Gasteiger partial charge on any atom is -0.351 e. The third-order valence-corrected chi connectivity index (χ3v) is 4.46. The molecule has 0 heterocycles. The molecular formula is C16H26N2OS. The standard InChI is InChI=1S/C16H26N2OS/c1-3-4-10-15(11-17)18-16(19)13(2)20-12-14-8-6-5-7-9-14/h5-9,13,15H,3-4,10-12,17H2,1-2H3,(H,18,19). The van der Waals surface area contributed by atoms with Crippen molar-refractivity contribution in [2.45, 2.75) is 50.2 Å². The summed E-state index contributed by atoms with van der Waals surface area (Å²) >= 11 is 1.66. The lowest BCUT2D eigenvalue weighted by Gasteiger charge is -2.19. The summed E-state index contributed by atoms with van der Waals surface area (Å²) in [4.78, 5) is 12.1. The Morgan fingerprint density at radius 3 is 2.65 bits per heavy atom. The average Bonchev–Trinajstić information content (AvgIpc) is 2.49. The predicted molar refractivity (Wildman–Crippen MR) is 87.7 cm³/mol. The topological polar surface area (TPSA) is 55.1 Å². The number of rotatable bonds is 9. The molecule has 0 aliphatic rings. The molecular weight excluding hydrogens is 268 g/mol. The summed E-state index contributed by atoms with van der Waals surface area (Å²) in [5.74, 6) is 0.954. The van der Waals surface area contributed by atoms with Crippen molar-refractivity contribution >= 4 is 17.7 Å². The molecule has 2 atom stereocenters. The highest BCUT2D eigenvalue weighted by molar-refractivity contribution is 7.99. The minimum absolute atomic E-state index is 0.0501. The van der Waals surface area contributed by atoms with Crippen LogP contribution in [0, 0.1) is 0 Å². The maximum Gasteiger partial charge on any atom is 0.233 e. The quantitative estimate of drug-likeness (QED) is 0.736. The lowest BCUT2D eigenvalue weighted by molar-refractivity contribution is -0.121. The van der Waals surface area contributed by atoms with E-state index in [0.717, 1.165) is 25.0 Å². The summed E-state index contributed by atoms with van der Waals surface area (Å²) in [5, 5.41) is 3.00. The zero-order chi connectivity index (χ0) is 14.8. The van der Waals surface area contributed by atoms with Gasteiger partial charge < -0.3 is 11.1 Å². The molecule has 3 nitrogen and oxygen atoms in total. The first-order valence-electron chi connectivity index (χ1n) is 7.33. The summed E-state index contributed by atoms with van der Waals surface area (Å²) in [5.41, 5.74) is 6.95. The van der Waals surface area contributed by atoms with Gasteiger partial charge in [-0.3, -0.25) is 4.79 Å². The van der Waals surface area contributed by atoms with E-state index in [9.17, 15) is 4.79 Å². The third-order valence-electron chi connectivity index (χ3n) is 3.25. The number of carbonyl (C=O) groups excluding carboxylic acids is 1. The van der Waals surface area contributed by atoms with Crippen LogP contribution in [-0.2, 0) is 10.5 Å². The number of benzene rings is 1. The van der Waals surface area contributed by atoms with Gasteiger partial charge >= 0.3 is 0 Å². The Balaban J connectivity index is 2.34. The van der Waals surface area contributed by atoms with E-state index in [4.69, 9.17) is 5.73 Å². The van der Waals surface area contributed by atoms with Crippen LogP contribution in [0.4, 0.5) is 0 Å². The van der Waals surface area contributed by atoms with E-state index in [-0.39, 0.29) is 17.2 Å². The van der Waals surface area contributed by atoms with Crippen LogP contribution < -0.4 is 11.1 Å². The van der Waals surface area contributed by atoms with Crippen LogP contribution >= 0.6 is 11.8 Å². The van der Waals surface area contributed by atoms with Gasteiger partial charge in [-0.25, -0.2) is 0 Å². The van der Waals surface area contributed by atoms with Crippen LogP contribution in [0.2, 0.25) is 0 Å². The Kier molecular flexibility index (Phi) is 8.38. The molecule has 2 unspecified atom stereocenters. The Hall–Kier alpha value is -1.00. The van der Waals surface area contributed by atoms with Crippen molar-refractivity contribution in [3.8, 4) is 0 Å². The predicted octanol–water partition coefficient (Wildman–Crippen LogP) is 2.94. The highest BCUT2D eigenvalue weighted by atomic mass is 32.2. The SMILES string of the molecule is CCCCC(CN)NC(=O)C(C)SCc1ccccc1. The number of carbonyl (C=O) groups is 1. The highest BCUT2D eigenvalue weighted by Gasteiger charge is 2.16. The summed E-state index contributed by atoms with van der Waals surface area (Å²) in [7, 11) is 0. The Bertz CT molecular complexity index is 383. The van der Waals surface area contributed by atoms with Crippen molar-refractivity contribution < 1.29 is 4.79 Å². The van der Waals surface area contributed by atoms with Gasteiger partial charge in [-0.05, 0) is 18.9 Å². The number of hydrogen-bond donors (Lipinski definition) is 2. The van der Waals surface area contributed by atoms with E-state index in [2.05, 4.69) is 24.4 Å². The molecule has 1 rings (SSSR count). The van der Waals surface area contributed by atoms with Crippen LogP contribution in [0.1, 0.15) is 38.7 Å². The second-order valence-electron chi connectivity index (χ2n) is 5.02. The van der Waals surface area contributed by atoms with Crippen molar-refractivity contribution in [3.63, 3.8) is 0 Å². The van der Waals surface area contributed by atoms with E-state index < -0.39 is 0 Å². The molecule has 0 saturated carbocycles. The summed E-state index contributed by atoms with van der Waals surface area (Å²) in [6, 6.07) is 10.3. The lowest BCUT2D eigenvalue weighted by Crippen LogP contribution is -2.43. The maximum atomic E-state index is 12.1. The maximum absolute atomic E-state index is 12.1. The van der Waals surface area contributed by atoms with Gasteiger partial charge in [0, 0.05) is 18.3 Å². The van der Waals surface area contributed by atoms with Crippen LogP contribution in [0.3, 0.4) is 0 Å². The number of amides is 1. The van der Waals surface area contributed by atoms with Crippen molar-refractivity contribution in [2.24, 2.45) is 5.73 Å². The van der Waals surface area contributed by atoms with Gasteiger partial charge in [-0.15, -0.1) is 11.8 Å². The largest absolute Gasteiger partial charge is 0.351 e. The highest BCUT2D eigenvalue weighted by Crippen LogP contribution is 2.17. The monoisotopic (exact) mass is 294 g/mol. The van der Waals surface area contributed by atoms with Crippen LogP contribution in [0.15, 0.2) is 30.3 Å². The Labute approximate surface area is 126 Å². The molecule has 0 bridgehead atoms. The van der Waals surface area contributed by atoms with Crippen LogP contribution in [-0.4, -0.2) is 23.7 Å². The molecule has 0 aromatic heterocycles. The Morgan fingerprint density at radius 1 is 1.35 bits per heavy atom. The van der Waals surface area contributed by atoms with Crippen molar-refractivity contribution in [3.05, 3.63) is 35.9 Å². The molecule has 3 N–H and O–H groups in total. The molecule has 0 saturated heterocycles. The second kappa shape index (κ2) is 9.83. The van der Waals surface area contributed by atoms with Gasteiger partial charge in [0.1, 0.15) is 0 Å². The van der Waals surface area contributed by atoms with Gasteiger partial charge in [0.2, 0.25) is 5.91 Å². The summed E-state index contributed by atoms with van der Waals surface area (Å²) < 4.78 is 0. The van der Waals surface area contributed by atoms with E-state index in [0.29, 0.717) is 6.54 Å². The average molecular weight is 294 g/mol. The van der Waals surface area contributed by atoms with Crippen molar-refractivity contribution in [2.75, 3.05) is 6.54 Å². The lowest BCUT2D eigenvalue weighted by atomic mass is 10.1. The first-order valence-corrected chi connectivity index (χ1v) is 8.38. The number of nitrogens with two attached hydrogens (primary N) is 1. The fourth-order valence-corrected chi connectivity index (χ4v) is 2.74. The molecule has 20 heavy (non-hydrogen) atoms. The first-order chi connectivity index (χ1) is 9.67. The summed E-state index contributed by atoms with van der Waals surface area (Å²) in [6.07, 6.45) is 3.20. The normalized spacial score (nSPS) is 13.8. The molecule has 112 valence electrons. The van der Waals surface area contributed by atoms with E-state index in [1.807, 2.05) is 25.1 Å². The molecule has 0 fully saturated rings. The fraction of sp³-hybridized carbons (Fsp3) is 0.562. The zero-order valence-electron chi connectivity index (χ0n) is 12.5. The Morgan fingerprint density at radius 2 is 2.05 bits per heavy atom. The molecule has 1 aromatic rings. The third kappa shape index (κ3) is 6.44. The van der Waals surface area contributed by atoms with E-state index in [1.54, 1.807) is 11.8 Å². The second-order valence-corrected chi connectivity index (χ2v) is 6.35. The van der Waals surface area contributed by atoms with Crippen LogP contribution in [0.5, 0.6) is 0 Å². The molecule has 0 radical (unpaired) electrons. The number of nitrogens with one attached hydrogen (secondary N) is 1. The van der Waals surface area contributed by atoms with Gasteiger partial charge in [0.15, 0.2) is 0 Å². The number of hydrogen-bond acceptors (Lipinski definition) is 3. The molecule has 0 aliphatic carbocycles. The van der Waals surface area contributed by atoms with Gasteiger partial charge in [-0.1, -0.05) is 50.1 Å². The van der Waals surface area contributed by atoms with Crippen molar-refractivity contribution in [1.82, 2.24) is 5.32 Å². The first kappa shape index (κ1) is 17.1. The molecule has 1 aromatic carbocycles. The number of thioether (sulfide) groups is 1. The smallest absolute Gasteiger partial charge is 0.233 e. The zero-order valence-corrected chi connectivity index (χ0v) is 13.3. The summed E-state index contributed by atoms with van der Waals surface area (Å²) in [6.45, 7) is 4.62. The van der Waals surface area contributed by atoms with Gasteiger partial charge in [0.05, 0.1) is 5.25 Å². The molecule has 4 heteroatoms. The molecule has 0 aliphatic heterocycles. The number of unbranched alkanes of at least 4 members (excludes halogenated alkanes) is 1. The van der Waals surface area contributed by atoms with Crippen LogP contribution in [0.25, 0.3) is 0 Å². The molecule has 1 amide bonds. The molecule has 0 spiro atoms. The van der Waals surface area contributed by atoms with Gasteiger partial charge in [-0.2, -0.15) is 0 Å². The van der Waals surface area contributed by atoms with E-state index >= 15 is 0 Å².